The van der Waals surface area contributed by atoms with Crippen LogP contribution in [0.4, 0.5) is 5.69 Å². The third kappa shape index (κ3) is 3.67. The van der Waals surface area contributed by atoms with Crippen molar-refractivity contribution in [2.75, 3.05) is 5.32 Å². The number of carbonyl (C=O) groups is 1. The topological polar surface area (TPSA) is 102 Å². The predicted molar refractivity (Wildman–Crippen MR) is 107 cm³/mol. The number of rotatable bonds is 3. The van der Waals surface area contributed by atoms with Crippen molar-refractivity contribution in [3.63, 3.8) is 0 Å². The van der Waals surface area contributed by atoms with Crippen LogP contribution < -0.4 is 5.32 Å². The molecule has 28 heavy (non-hydrogen) atoms. The van der Waals surface area contributed by atoms with Gasteiger partial charge in [-0.15, -0.1) is 0 Å². The molecule has 0 saturated carbocycles. The van der Waals surface area contributed by atoms with Gasteiger partial charge in [0.15, 0.2) is 0 Å². The third-order valence-corrected chi connectivity index (χ3v) is 4.76. The number of hydrogen-bond donors (Lipinski definition) is 1. The molecule has 0 radical (unpaired) electrons. The highest BCUT2D eigenvalue weighted by atomic mass is 16.1. The Morgan fingerprint density at radius 1 is 1.14 bits per heavy atom. The van der Waals surface area contributed by atoms with Crippen LogP contribution in [-0.2, 0) is 0 Å². The number of aliphatic imine (C=N–C) groups is 1. The first kappa shape index (κ1) is 19.0. The van der Waals surface area contributed by atoms with Crippen molar-refractivity contribution in [3.8, 4) is 12.1 Å². The van der Waals surface area contributed by atoms with E-state index in [2.05, 4.69) is 27.4 Å². The number of amides is 1. The summed E-state index contributed by atoms with van der Waals surface area (Å²) in [4.78, 5) is 21.2. The Hall–Kier alpha value is -3.77. The molecule has 0 aliphatic carbocycles. The molecule has 1 aliphatic rings. The van der Waals surface area contributed by atoms with E-state index in [4.69, 9.17) is 0 Å². The van der Waals surface area contributed by atoms with Gasteiger partial charge in [-0.25, -0.2) is 0 Å². The van der Waals surface area contributed by atoms with Gasteiger partial charge in [-0.2, -0.15) is 10.5 Å². The fourth-order valence-electron chi connectivity index (χ4n) is 3.32. The van der Waals surface area contributed by atoms with Gasteiger partial charge in [-0.1, -0.05) is 12.1 Å². The van der Waals surface area contributed by atoms with E-state index >= 15 is 0 Å². The minimum atomic E-state index is -0.544. The first-order valence-corrected chi connectivity index (χ1v) is 8.84. The molecule has 2 aromatic rings. The second-order valence-electron chi connectivity index (χ2n) is 6.72. The first-order chi connectivity index (χ1) is 13.4. The summed E-state index contributed by atoms with van der Waals surface area (Å²) < 4.78 is 0. The number of benzene rings is 1. The number of hydrogen-bond acceptors (Lipinski definition) is 5. The summed E-state index contributed by atoms with van der Waals surface area (Å²) in [5, 5.41) is 22.1. The van der Waals surface area contributed by atoms with Gasteiger partial charge in [-0.3, -0.25) is 14.8 Å². The van der Waals surface area contributed by atoms with E-state index in [1.807, 2.05) is 19.1 Å². The van der Waals surface area contributed by atoms with E-state index in [-0.39, 0.29) is 5.91 Å². The molecule has 6 nitrogen and oxygen atoms in total. The summed E-state index contributed by atoms with van der Waals surface area (Å²) >= 11 is 0. The van der Waals surface area contributed by atoms with Crippen molar-refractivity contribution in [1.82, 2.24) is 4.98 Å². The molecule has 1 aromatic carbocycles. The number of carbonyl (C=O) groups excluding carboxylic acids is 1. The van der Waals surface area contributed by atoms with Crippen molar-refractivity contribution < 1.29 is 4.79 Å². The maximum Gasteiger partial charge on any atom is 0.255 e. The highest BCUT2D eigenvalue weighted by molar-refractivity contribution is 6.04. The molecule has 2 unspecified atom stereocenters. The molecular formula is C22H19N5O. The number of aromatic nitrogens is 1. The normalized spacial score (nSPS) is 18.7. The van der Waals surface area contributed by atoms with E-state index in [0.29, 0.717) is 28.2 Å². The van der Waals surface area contributed by atoms with Gasteiger partial charge in [0.25, 0.3) is 5.91 Å². The summed E-state index contributed by atoms with van der Waals surface area (Å²) in [7, 11) is 0. The number of aryl methyl sites for hydroxylation is 1. The van der Waals surface area contributed by atoms with Crippen molar-refractivity contribution in [2.24, 2.45) is 10.9 Å². The van der Waals surface area contributed by atoms with E-state index < -0.39 is 11.8 Å². The highest BCUT2D eigenvalue weighted by Gasteiger charge is 2.34. The Bertz CT molecular complexity index is 1070. The van der Waals surface area contributed by atoms with Gasteiger partial charge >= 0.3 is 0 Å². The van der Waals surface area contributed by atoms with Crippen LogP contribution in [-0.4, -0.2) is 16.6 Å². The summed E-state index contributed by atoms with van der Waals surface area (Å²) in [6, 6.07) is 15.1. The summed E-state index contributed by atoms with van der Waals surface area (Å²) in [6.07, 6.45) is 1.60. The minimum Gasteiger partial charge on any atom is -0.321 e. The molecule has 1 N–H and O–H groups in total. The molecule has 1 aliphatic heterocycles. The minimum absolute atomic E-state index is 0.276. The molecule has 2 heterocycles. The van der Waals surface area contributed by atoms with Crippen molar-refractivity contribution in [3.05, 3.63) is 70.7 Å². The molecular weight excluding hydrogens is 350 g/mol. The largest absolute Gasteiger partial charge is 0.321 e. The monoisotopic (exact) mass is 369 g/mol. The Balaban J connectivity index is 1.95. The lowest BCUT2D eigenvalue weighted by Gasteiger charge is -2.27. The van der Waals surface area contributed by atoms with Crippen LogP contribution in [0.3, 0.4) is 0 Å². The standard InChI is InChI=1S/C22H19N5O/c1-13-7-8-18(12-25-13)27-22(28)17-6-4-5-16(9-17)21-19(10-23)14(2)26-15(3)20(21)11-24/h4-9,12,19,21H,1-3H3,(H,27,28). The van der Waals surface area contributed by atoms with Crippen LogP contribution in [0.5, 0.6) is 0 Å². The SMILES string of the molecule is CC1=NC(C)=C(C#N)C(c2cccc(C(=O)Nc3ccc(C)nc3)c2)C1C#N. The quantitative estimate of drug-likeness (QED) is 0.878. The summed E-state index contributed by atoms with van der Waals surface area (Å²) in [5.74, 6) is -1.26. The molecule has 6 heteroatoms. The zero-order valence-electron chi connectivity index (χ0n) is 15.9. The van der Waals surface area contributed by atoms with Gasteiger partial charge < -0.3 is 5.32 Å². The number of nitrogens with one attached hydrogen (secondary N) is 1. The van der Waals surface area contributed by atoms with Crippen LogP contribution in [0.25, 0.3) is 0 Å². The molecule has 0 saturated heterocycles. The van der Waals surface area contributed by atoms with Gasteiger partial charge in [0, 0.05) is 22.9 Å². The lowest BCUT2D eigenvalue weighted by Crippen LogP contribution is -2.25. The zero-order valence-corrected chi connectivity index (χ0v) is 15.9. The second kappa shape index (κ2) is 7.85. The number of nitriles is 2. The number of pyridine rings is 1. The Morgan fingerprint density at radius 3 is 2.57 bits per heavy atom. The van der Waals surface area contributed by atoms with Gasteiger partial charge in [0.2, 0.25) is 0 Å². The summed E-state index contributed by atoms with van der Waals surface area (Å²) in [6.45, 7) is 5.43. The molecule has 1 amide bonds. The van der Waals surface area contributed by atoms with Gasteiger partial charge in [0.05, 0.1) is 41.2 Å². The molecule has 3 rings (SSSR count). The maximum atomic E-state index is 12.7. The fourth-order valence-corrected chi connectivity index (χ4v) is 3.32. The maximum absolute atomic E-state index is 12.7. The Morgan fingerprint density at radius 2 is 1.93 bits per heavy atom. The average molecular weight is 369 g/mol. The molecule has 0 spiro atoms. The van der Waals surface area contributed by atoms with E-state index in [1.165, 1.54) is 0 Å². The van der Waals surface area contributed by atoms with Gasteiger partial charge in [-0.05, 0) is 50.6 Å². The van der Waals surface area contributed by atoms with Crippen LogP contribution in [0.15, 0.2) is 58.9 Å². The predicted octanol–water partition coefficient (Wildman–Crippen LogP) is 4.14. The number of nitrogens with zero attached hydrogens (tertiary/aromatic N) is 4. The first-order valence-electron chi connectivity index (χ1n) is 8.84. The average Bonchev–Trinajstić information content (AvgIpc) is 2.69. The lowest BCUT2D eigenvalue weighted by molar-refractivity contribution is 0.102. The fraction of sp³-hybridized carbons (Fsp3) is 0.227. The molecule has 0 fully saturated rings. The Kier molecular flexibility index (Phi) is 5.33. The van der Waals surface area contributed by atoms with E-state index in [0.717, 1.165) is 11.3 Å². The molecule has 138 valence electrons. The number of allylic oxidation sites excluding steroid dienone is 2. The third-order valence-electron chi connectivity index (χ3n) is 4.76. The summed E-state index contributed by atoms with van der Waals surface area (Å²) in [5.41, 5.74) is 4.39. The van der Waals surface area contributed by atoms with Crippen LogP contribution in [0.2, 0.25) is 0 Å². The zero-order chi connectivity index (χ0) is 20.3. The number of anilines is 1. The second-order valence-corrected chi connectivity index (χ2v) is 6.72. The molecule has 1 aromatic heterocycles. The highest BCUT2D eigenvalue weighted by Crippen LogP contribution is 2.38. The molecule has 0 bridgehead atoms. The van der Waals surface area contributed by atoms with Crippen LogP contribution >= 0.6 is 0 Å². The lowest BCUT2D eigenvalue weighted by atomic mass is 9.76. The van der Waals surface area contributed by atoms with Crippen molar-refractivity contribution in [2.45, 2.75) is 26.7 Å². The van der Waals surface area contributed by atoms with Crippen LogP contribution in [0, 0.1) is 35.5 Å². The Labute approximate surface area is 163 Å². The smallest absolute Gasteiger partial charge is 0.255 e. The van der Waals surface area contributed by atoms with E-state index in [1.54, 1.807) is 44.3 Å². The molecule has 2 atom stereocenters. The van der Waals surface area contributed by atoms with Gasteiger partial charge in [0.1, 0.15) is 0 Å². The van der Waals surface area contributed by atoms with Crippen LogP contribution in [0.1, 0.15) is 41.4 Å². The van der Waals surface area contributed by atoms with E-state index in [9.17, 15) is 15.3 Å². The van der Waals surface area contributed by atoms with Crippen molar-refractivity contribution in [1.29, 1.82) is 10.5 Å². The van der Waals surface area contributed by atoms with Crippen molar-refractivity contribution >= 4 is 17.3 Å².